The van der Waals surface area contributed by atoms with Crippen molar-refractivity contribution in [2.45, 2.75) is 33.1 Å². The molecule has 19 heavy (non-hydrogen) atoms. The van der Waals surface area contributed by atoms with E-state index < -0.39 is 5.97 Å². The Morgan fingerprint density at radius 3 is 2.68 bits per heavy atom. The van der Waals surface area contributed by atoms with Gasteiger partial charge in [-0.2, -0.15) is 0 Å². The van der Waals surface area contributed by atoms with Crippen LogP contribution in [0.3, 0.4) is 0 Å². The van der Waals surface area contributed by atoms with Gasteiger partial charge < -0.3 is 10.0 Å². The van der Waals surface area contributed by atoms with E-state index in [4.69, 9.17) is 5.11 Å². The van der Waals surface area contributed by atoms with Gasteiger partial charge in [-0.15, -0.1) is 11.3 Å². The molecule has 1 aliphatic rings. The summed E-state index contributed by atoms with van der Waals surface area (Å²) >= 11 is 1.06. The zero-order valence-corrected chi connectivity index (χ0v) is 12.1. The Labute approximate surface area is 117 Å². The third kappa shape index (κ3) is 2.97. The topological polar surface area (TPSA) is 57.6 Å². The van der Waals surface area contributed by atoms with Crippen molar-refractivity contribution in [2.75, 3.05) is 13.1 Å². The van der Waals surface area contributed by atoms with Gasteiger partial charge in [-0.3, -0.25) is 4.79 Å². The van der Waals surface area contributed by atoms with Crippen LogP contribution in [0.1, 0.15) is 52.5 Å². The predicted octanol–water partition coefficient (Wildman–Crippen LogP) is 3.10. The van der Waals surface area contributed by atoms with Crippen LogP contribution in [0.15, 0.2) is 12.1 Å². The van der Waals surface area contributed by atoms with Crippen molar-refractivity contribution in [2.24, 2.45) is 5.41 Å². The molecule has 0 aromatic carbocycles. The third-order valence-corrected chi connectivity index (χ3v) is 5.01. The summed E-state index contributed by atoms with van der Waals surface area (Å²) in [6.07, 6.45) is 3.23. The Morgan fingerprint density at radius 2 is 2.11 bits per heavy atom. The van der Waals surface area contributed by atoms with Gasteiger partial charge in [-0.25, -0.2) is 4.79 Å². The fourth-order valence-electron chi connectivity index (χ4n) is 2.50. The first-order chi connectivity index (χ1) is 8.95. The van der Waals surface area contributed by atoms with E-state index in [0.29, 0.717) is 4.88 Å². The quantitative estimate of drug-likeness (QED) is 0.926. The molecule has 2 rings (SSSR count). The van der Waals surface area contributed by atoms with E-state index >= 15 is 0 Å². The van der Waals surface area contributed by atoms with E-state index in [0.717, 1.165) is 43.7 Å². The number of carbonyl (C=O) groups excluding carboxylic acids is 1. The number of likely N-dealkylation sites (tertiary alicyclic amines) is 1. The highest BCUT2D eigenvalue weighted by atomic mass is 32.1. The fraction of sp³-hybridized carbons (Fsp3) is 0.571. The normalized spacial score (nSPS) is 23.4. The largest absolute Gasteiger partial charge is 0.477 e. The summed E-state index contributed by atoms with van der Waals surface area (Å²) in [5, 5.41) is 8.90. The molecule has 5 heteroatoms. The summed E-state index contributed by atoms with van der Waals surface area (Å²) in [7, 11) is 0. The van der Waals surface area contributed by atoms with E-state index in [2.05, 4.69) is 13.8 Å². The van der Waals surface area contributed by atoms with Crippen LogP contribution in [0, 0.1) is 5.41 Å². The molecule has 0 saturated carbocycles. The van der Waals surface area contributed by atoms with Crippen LogP contribution in [0.2, 0.25) is 0 Å². The van der Waals surface area contributed by atoms with Gasteiger partial charge in [0.15, 0.2) is 0 Å². The molecule has 2 heterocycles. The molecule has 4 nitrogen and oxygen atoms in total. The SMILES string of the molecule is CCC1(C)CCCN(C(=O)c2ccc(C(=O)O)s2)C1. The summed E-state index contributed by atoms with van der Waals surface area (Å²) < 4.78 is 0. The van der Waals surface area contributed by atoms with Crippen molar-refractivity contribution in [3.8, 4) is 0 Å². The molecule has 1 aromatic heterocycles. The molecule has 0 radical (unpaired) electrons. The van der Waals surface area contributed by atoms with Gasteiger partial charge in [-0.1, -0.05) is 13.8 Å². The molecule has 104 valence electrons. The summed E-state index contributed by atoms with van der Waals surface area (Å²) in [5.41, 5.74) is 0.195. The summed E-state index contributed by atoms with van der Waals surface area (Å²) in [6, 6.07) is 3.12. The highest BCUT2D eigenvalue weighted by Gasteiger charge is 2.32. The average Bonchev–Trinajstić information content (AvgIpc) is 2.87. The maximum absolute atomic E-state index is 12.4. The standard InChI is InChI=1S/C14H19NO3S/c1-3-14(2)7-4-8-15(9-14)12(16)10-5-6-11(19-10)13(17)18/h5-6H,3-4,7-9H2,1-2H3,(H,17,18). The van der Waals surface area contributed by atoms with Gasteiger partial charge >= 0.3 is 5.97 Å². The van der Waals surface area contributed by atoms with Crippen LogP contribution in [0.25, 0.3) is 0 Å². The van der Waals surface area contributed by atoms with E-state index in [1.165, 1.54) is 6.07 Å². The van der Waals surface area contributed by atoms with Crippen molar-refractivity contribution in [1.82, 2.24) is 4.90 Å². The molecule has 0 aliphatic carbocycles. The Hall–Kier alpha value is -1.36. The molecular formula is C14H19NO3S. The van der Waals surface area contributed by atoms with Crippen molar-refractivity contribution in [3.05, 3.63) is 21.9 Å². The predicted molar refractivity (Wildman–Crippen MR) is 74.8 cm³/mol. The zero-order chi connectivity index (χ0) is 14.0. The second-order valence-electron chi connectivity index (χ2n) is 5.46. The van der Waals surface area contributed by atoms with Crippen molar-refractivity contribution in [1.29, 1.82) is 0 Å². The fourth-order valence-corrected chi connectivity index (χ4v) is 3.31. The highest BCUT2D eigenvalue weighted by Crippen LogP contribution is 2.33. The Balaban J connectivity index is 2.12. The summed E-state index contributed by atoms with van der Waals surface area (Å²) in [4.78, 5) is 25.8. The molecule has 1 atom stereocenters. The van der Waals surface area contributed by atoms with Crippen LogP contribution in [0.4, 0.5) is 0 Å². The monoisotopic (exact) mass is 281 g/mol. The van der Waals surface area contributed by atoms with Gasteiger partial charge in [-0.05, 0) is 36.8 Å². The maximum atomic E-state index is 12.4. The van der Waals surface area contributed by atoms with Gasteiger partial charge in [0.2, 0.25) is 0 Å². The smallest absolute Gasteiger partial charge is 0.345 e. The first kappa shape index (κ1) is 14.1. The maximum Gasteiger partial charge on any atom is 0.345 e. The number of thiophene rings is 1. The Kier molecular flexibility index (Phi) is 3.94. The molecule has 1 unspecified atom stereocenters. The Morgan fingerprint density at radius 1 is 1.42 bits per heavy atom. The van der Waals surface area contributed by atoms with Crippen LogP contribution in [-0.2, 0) is 0 Å². The molecule has 1 saturated heterocycles. The van der Waals surface area contributed by atoms with Crippen LogP contribution in [-0.4, -0.2) is 35.0 Å². The van der Waals surface area contributed by atoms with Crippen LogP contribution >= 0.6 is 11.3 Å². The number of nitrogens with zero attached hydrogens (tertiary/aromatic N) is 1. The lowest BCUT2D eigenvalue weighted by Crippen LogP contribution is -2.44. The van der Waals surface area contributed by atoms with E-state index in [1.807, 2.05) is 4.90 Å². The number of carbonyl (C=O) groups is 2. The molecule has 0 spiro atoms. The third-order valence-electron chi connectivity index (χ3n) is 3.95. The number of hydrogen-bond donors (Lipinski definition) is 1. The van der Waals surface area contributed by atoms with Gasteiger partial charge in [0.25, 0.3) is 5.91 Å². The van der Waals surface area contributed by atoms with Gasteiger partial charge in [0, 0.05) is 13.1 Å². The number of hydrogen-bond acceptors (Lipinski definition) is 3. The summed E-state index contributed by atoms with van der Waals surface area (Å²) in [6.45, 7) is 5.91. The number of aromatic carboxylic acids is 1. The number of carboxylic acid groups (broad SMARTS) is 1. The minimum absolute atomic E-state index is 0.0307. The first-order valence-corrected chi connectivity index (χ1v) is 7.39. The second kappa shape index (κ2) is 5.33. The highest BCUT2D eigenvalue weighted by molar-refractivity contribution is 7.15. The van der Waals surface area contributed by atoms with Crippen molar-refractivity contribution >= 4 is 23.2 Å². The molecule has 1 amide bonds. The average molecular weight is 281 g/mol. The molecule has 1 aromatic rings. The molecule has 1 N–H and O–H groups in total. The second-order valence-corrected chi connectivity index (χ2v) is 6.55. The number of carboxylic acids is 1. The number of rotatable bonds is 3. The van der Waals surface area contributed by atoms with Crippen molar-refractivity contribution in [3.63, 3.8) is 0 Å². The van der Waals surface area contributed by atoms with Crippen molar-refractivity contribution < 1.29 is 14.7 Å². The summed E-state index contributed by atoms with van der Waals surface area (Å²) in [5.74, 6) is -1.00. The lowest BCUT2D eigenvalue weighted by atomic mass is 9.79. The lowest BCUT2D eigenvalue weighted by Gasteiger charge is -2.39. The van der Waals surface area contributed by atoms with Gasteiger partial charge in [0.05, 0.1) is 4.88 Å². The van der Waals surface area contributed by atoms with Crippen LogP contribution < -0.4 is 0 Å². The minimum Gasteiger partial charge on any atom is -0.477 e. The zero-order valence-electron chi connectivity index (χ0n) is 11.3. The lowest BCUT2D eigenvalue weighted by molar-refractivity contribution is 0.0547. The molecule has 1 fully saturated rings. The molecule has 1 aliphatic heterocycles. The van der Waals surface area contributed by atoms with Gasteiger partial charge in [0.1, 0.15) is 4.88 Å². The number of amides is 1. The molecule has 0 bridgehead atoms. The van der Waals surface area contributed by atoms with Crippen LogP contribution in [0.5, 0.6) is 0 Å². The minimum atomic E-state index is -0.971. The molecular weight excluding hydrogens is 262 g/mol. The first-order valence-electron chi connectivity index (χ1n) is 6.57. The Bertz CT molecular complexity index is 497. The number of piperidine rings is 1. The van der Waals surface area contributed by atoms with E-state index in [-0.39, 0.29) is 16.2 Å². The van der Waals surface area contributed by atoms with E-state index in [9.17, 15) is 9.59 Å². The van der Waals surface area contributed by atoms with E-state index in [1.54, 1.807) is 6.07 Å².